The number of amides is 2. The minimum absolute atomic E-state index is 0.0228. The van der Waals surface area contributed by atoms with E-state index in [4.69, 9.17) is 16.3 Å². The van der Waals surface area contributed by atoms with Crippen molar-refractivity contribution in [1.82, 2.24) is 10.2 Å². The Morgan fingerprint density at radius 2 is 1.78 bits per heavy atom. The number of fused-ring (bicyclic) bond motifs is 1. The molecular weight excluding hydrogens is 490 g/mol. The van der Waals surface area contributed by atoms with Crippen LogP contribution in [-0.2, 0) is 29.1 Å². The van der Waals surface area contributed by atoms with Crippen LogP contribution in [0.1, 0.15) is 30.0 Å². The lowest BCUT2D eigenvalue weighted by molar-refractivity contribution is -0.138. The first-order valence-electron chi connectivity index (χ1n) is 12.4. The molecule has 1 aliphatic heterocycles. The summed E-state index contributed by atoms with van der Waals surface area (Å²) in [7, 11) is 0. The Hall–Kier alpha value is -3.39. The quantitative estimate of drug-likeness (QED) is 0.335. The molecule has 4 rings (SSSR count). The van der Waals surface area contributed by atoms with Crippen LogP contribution in [0, 0.1) is 0 Å². The van der Waals surface area contributed by atoms with Gasteiger partial charge in [0, 0.05) is 29.8 Å². The molecule has 8 heteroatoms. The van der Waals surface area contributed by atoms with Crippen LogP contribution in [0.3, 0.4) is 0 Å². The van der Waals surface area contributed by atoms with E-state index >= 15 is 0 Å². The van der Waals surface area contributed by atoms with E-state index in [2.05, 4.69) is 27.7 Å². The third kappa shape index (κ3) is 7.79. The minimum Gasteiger partial charge on any atom is -0.481 e. The van der Waals surface area contributed by atoms with Crippen LogP contribution in [0.25, 0.3) is 0 Å². The summed E-state index contributed by atoms with van der Waals surface area (Å²) in [5, 5.41) is 16.0. The van der Waals surface area contributed by atoms with E-state index < -0.39 is 12.0 Å². The highest BCUT2D eigenvalue weighted by Gasteiger charge is 2.32. The van der Waals surface area contributed by atoms with Gasteiger partial charge in [0.25, 0.3) is 0 Å². The zero-order valence-corrected chi connectivity index (χ0v) is 21.5. The van der Waals surface area contributed by atoms with Gasteiger partial charge in [0.05, 0.1) is 25.2 Å². The Bertz CT molecular complexity index is 1210. The van der Waals surface area contributed by atoms with Crippen molar-refractivity contribution >= 4 is 29.3 Å². The number of carboxylic acids is 1. The maximum Gasteiger partial charge on any atom is 0.319 e. The fourth-order valence-electron chi connectivity index (χ4n) is 4.64. The standard InChI is InChI=1S/C29H32ClN3O4/c1-20(37-19-21-8-3-2-4-9-21)27(32-29(36)31-25-13-7-12-24(30)15-25)18-33-17-23-11-6-5-10-22(23)14-26(33)16-28(34)35/h2-13,15,20,26-27H,14,16-19H2,1H3,(H,34,35)(H2,31,32,36)/t20-,26-,27+/m1/s1. The molecule has 0 fully saturated rings. The third-order valence-corrected chi connectivity index (χ3v) is 6.86. The Morgan fingerprint density at radius 1 is 1.05 bits per heavy atom. The van der Waals surface area contributed by atoms with Crippen LogP contribution in [0.5, 0.6) is 0 Å². The number of hydrogen-bond acceptors (Lipinski definition) is 4. The first-order valence-corrected chi connectivity index (χ1v) is 12.8. The SMILES string of the molecule is C[C@@H](OCc1ccccc1)[C@H](CN1Cc2ccccc2C[C@@H]1CC(=O)O)NC(=O)Nc1cccc(Cl)c1. The number of nitrogens with one attached hydrogen (secondary N) is 2. The highest BCUT2D eigenvalue weighted by molar-refractivity contribution is 6.30. The van der Waals surface area contributed by atoms with Crippen molar-refractivity contribution in [3.8, 4) is 0 Å². The second kappa shape index (κ2) is 12.7. The van der Waals surface area contributed by atoms with Crippen LogP contribution in [-0.4, -0.2) is 46.7 Å². The average molecular weight is 522 g/mol. The predicted molar refractivity (Wildman–Crippen MR) is 145 cm³/mol. The van der Waals surface area contributed by atoms with Gasteiger partial charge in [-0.15, -0.1) is 0 Å². The molecule has 7 nitrogen and oxygen atoms in total. The second-order valence-electron chi connectivity index (χ2n) is 9.37. The smallest absolute Gasteiger partial charge is 0.319 e. The summed E-state index contributed by atoms with van der Waals surface area (Å²) < 4.78 is 6.18. The summed E-state index contributed by atoms with van der Waals surface area (Å²) in [5.74, 6) is -0.842. The van der Waals surface area contributed by atoms with E-state index in [1.807, 2.05) is 49.4 Å². The van der Waals surface area contributed by atoms with Crippen molar-refractivity contribution in [3.63, 3.8) is 0 Å². The van der Waals surface area contributed by atoms with Gasteiger partial charge in [-0.1, -0.05) is 72.3 Å². The summed E-state index contributed by atoms with van der Waals surface area (Å²) >= 11 is 6.07. The molecule has 3 aromatic carbocycles. The number of halogens is 1. The Kier molecular flexibility index (Phi) is 9.17. The molecule has 37 heavy (non-hydrogen) atoms. The zero-order chi connectivity index (χ0) is 26.2. The van der Waals surface area contributed by atoms with Gasteiger partial charge in [-0.05, 0) is 48.2 Å². The topological polar surface area (TPSA) is 90.9 Å². The van der Waals surface area contributed by atoms with Gasteiger partial charge in [-0.25, -0.2) is 4.79 Å². The Labute approximate surface area is 222 Å². The van der Waals surface area contributed by atoms with E-state index in [9.17, 15) is 14.7 Å². The van der Waals surface area contributed by atoms with Gasteiger partial charge in [-0.3, -0.25) is 9.69 Å². The van der Waals surface area contributed by atoms with Gasteiger partial charge in [0.1, 0.15) is 0 Å². The lowest BCUT2D eigenvalue weighted by Gasteiger charge is -2.39. The lowest BCUT2D eigenvalue weighted by atomic mass is 9.91. The van der Waals surface area contributed by atoms with Crippen molar-refractivity contribution in [2.75, 3.05) is 11.9 Å². The number of carbonyl (C=O) groups excluding carboxylic acids is 1. The molecule has 0 bridgehead atoms. The summed E-state index contributed by atoms with van der Waals surface area (Å²) in [6.45, 7) is 3.37. The molecule has 3 atom stereocenters. The molecule has 3 N–H and O–H groups in total. The Balaban J connectivity index is 1.51. The number of rotatable bonds is 10. The first-order chi connectivity index (χ1) is 17.9. The number of aliphatic carboxylic acids is 1. The van der Waals surface area contributed by atoms with E-state index in [1.54, 1.807) is 24.3 Å². The molecule has 1 aliphatic rings. The van der Waals surface area contributed by atoms with Gasteiger partial charge in [0.2, 0.25) is 0 Å². The number of benzene rings is 3. The summed E-state index contributed by atoms with van der Waals surface area (Å²) in [4.78, 5) is 26.8. The number of ether oxygens (including phenoxy) is 1. The fraction of sp³-hybridized carbons (Fsp3) is 0.310. The molecular formula is C29H32ClN3O4. The zero-order valence-electron chi connectivity index (χ0n) is 20.8. The van der Waals surface area contributed by atoms with Crippen LogP contribution >= 0.6 is 11.6 Å². The average Bonchev–Trinajstić information content (AvgIpc) is 2.87. The van der Waals surface area contributed by atoms with Crippen molar-refractivity contribution in [1.29, 1.82) is 0 Å². The minimum atomic E-state index is -0.842. The second-order valence-corrected chi connectivity index (χ2v) is 9.81. The molecule has 1 heterocycles. The van der Waals surface area contributed by atoms with Crippen molar-refractivity contribution in [2.24, 2.45) is 0 Å². The fourth-order valence-corrected chi connectivity index (χ4v) is 4.83. The predicted octanol–water partition coefficient (Wildman–Crippen LogP) is 5.34. The molecule has 194 valence electrons. The van der Waals surface area contributed by atoms with Crippen LogP contribution in [0.2, 0.25) is 5.02 Å². The molecule has 0 aromatic heterocycles. The van der Waals surface area contributed by atoms with E-state index in [0.717, 1.165) is 5.56 Å². The summed E-state index contributed by atoms with van der Waals surface area (Å²) in [5.41, 5.74) is 3.95. The molecule has 0 saturated carbocycles. The van der Waals surface area contributed by atoms with Gasteiger partial charge in [-0.2, -0.15) is 0 Å². The molecule has 0 radical (unpaired) electrons. The van der Waals surface area contributed by atoms with Crippen molar-refractivity contribution in [3.05, 3.63) is 101 Å². The summed E-state index contributed by atoms with van der Waals surface area (Å²) in [6, 6.07) is 23.9. The van der Waals surface area contributed by atoms with E-state index in [0.29, 0.717) is 36.8 Å². The van der Waals surface area contributed by atoms with Crippen LogP contribution in [0.4, 0.5) is 10.5 Å². The van der Waals surface area contributed by atoms with E-state index in [1.165, 1.54) is 11.1 Å². The highest BCUT2D eigenvalue weighted by Crippen LogP contribution is 2.26. The molecule has 2 amide bonds. The first kappa shape index (κ1) is 26.7. The maximum atomic E-state index is 13.0. The van der Waals surface area contributed by atoms with Crippen LogP contribution in [0.15, 0.2) is 78.9 Å². The number of carbonyl (C=O) groups is 2. The molecule has 0 spiro atoms. The van der Waals surface area contributed by atoms with E-state index in [-0.39, 0.29) is 24.6 Å². The lowest BCUT2D eigenvalue weighted by Crippen LogP contribution is -2.54. The number of hydrogen-bond donors (Lipinski definition) is 3. The van der Waals surface area contributed by atoms with Gasteiger partial charge < -0.3 is 20.5 Å². The monoisotopic (exact) mass is 521 g/mol. The number of urea groups is 1. The highest BCUT2D eigenvalue weighted by atomic mass is 35.5. The maximum absolute atomic E-state index is 13.0. The molecule has 3 aromatic rings. The number of anilines is 1. The van der Waals surface area contributed by atoms with Crippen molar-refractivity contribution in [2.45, 2.75) is 51.1 Å². The molecule has 0 aliphatic carbocycles. The van der Waals surface area contributed by atoms with Gasteiger partial charge in [0.15, 0.2) is 0 Å². The number of carboxylic acid groups (broad SMARTS) is 1. The molecule has 0 saturated heterocycles. The Morgan fingerprint density at radius 3 is 2.51 bits per heavy atom. The number of nitrogens with zero attached hydrogens (tertiary/aromatic N) is 1. The third-order valence-electron chi connectivity index (χ3n) is 6.63. The summed E-state index contributed by atoms with van der Waals surface area (Å²) in [6.07, 6.45) is 0.325. The van der Waals surface area contributed by atoms with Gasteiger partial charge >= 0.3 is 12.0 Å². The normalized spacial score (nSPS) is 16.9. The largest absolute Gasteiger partial charge is 0.481 e. The molecule has 0 unspecified atom stereocenters. The van der Waals surface area contributed by atoms with Crippen molar-refractivity contribution < 1.29 is 19.4 Å². The van der Waals surface area contributed by atoms with Crippen LogP contribution < -0.4 is 10.6 Å².